The van der Waals surface area contributed by atoms with Crippen LogP contribution in [0.4, 0.5) is 5.69 Å². The lowest BCUT2D eigenvalue weighted by Gasteiger charge is -2.38. The minimum absolute atomic E-state index is 0.00677. The Kier molecular flexibility index (Phi) is 5.60. The van der Waals surface area contributed by atoms with E-state index < -0.39 is 6.04 Å². The molecule has 0 aliphatic carbocycles. The van der Waals surface area contributed by atoms with Crippen molar-refractivity contribution in [2.75, 3.05) is 5.32 Å². The van der Waals surface area contributed by atoms with Crippen LogP contribution in [0.5, 0.6) is 0 Å². The number of nitrogens with zero attached hydrogens (tertiary/aromatic N) is 3. The summed E-state index contributed by atoms with van der Waals surface area (Å²) in [6.07, 6.45) is 0.00677. The van der Waals surface area contributed by atoms with Gasteiger partial charge in [0.25, 0.3) is 0 Å². The second-order valence-electron chi connectivity index (χ2n) is 8.23. The first-order valence-electron chi connectivity index (χ1n) is 10.9. The van der Waals surface area contributed by atoms with Crippen molar-refractivity contribution >= 4 is 40.1 Å². The number of amides is 2. The highest BCUT2D eigenvalue weighted by Gasteiger charge is 2.40. The summed E-state index contributed by atoms with van der Waals surface area (Å²) in [5.41, 5.74) is 3.35. The van der Waals surface area contributed by atoms with E-state index >= 15 is 0 Å². The maximum absolute atomic E-state index is 13.8. The van der Waals surface area contributed by atoms with E-state index in [1.165, 1.54) is 0 Å². The molecule has 5 rings (SSSR count). The molecule has 7 heteroatoms. The molecular weight excluding hydrogens is 436 g/mol. The van der Waals surface area contributed by atoms with E-state index in [-0.39, 0.29) is 24.3 Å². The second-order valence-corrected chi connectivity index (χ2v) is 8.67. The summed E-state index contributed by atoms with van der Waals surface area (Å²) in [7, 11) is 0. The first kappa shape index (κ1) is 21.2. The molecule has 33 heavy (non-hydrogen) atoms. The average molecular weight is 459 g/mol. The zero-order valence-electron chi connectivity index (χ0n) is 18.1. The number of benzene rings is 3. The van der Waals surface area contributed by atoms with Crippen LogP contribution in [0.25, 0.3) is 11.0 Å². The van der Waals surface area contributed by atoms with Gasteiger partial charge in [-0.05, 0) is 48.9 Å². The number of para-hydroxylation sites is 2. The smallest absolute Gasteiger partial charge is 0.247 e. The van der Waals surface area contributed by atoms with Crippen molar-refractivity contribution in [1.29, 1.82) is 0 Å². The van der Waals surface area contributed by atoms with Crippen molar-refractivity contribution < 1.29 is 9.59 Å². The van der Waals surface area contributed by atoms with E-state index in [9.17, 15) is 9.59 Å². The zero-order chi connectivity index (χ0) is 22.9. The van der Waals surface area contributed by atoms with Crippen LogP contribution in [-0.2, 0) is 16.1 Å². The molecule has 6 nitrogen and oxygen atoms in total. The Balaban J connectivity index is 1.50. The molecule has 2 amide bonds. The van der Waals surface area contributed by atoms with Crippen LogP contribution in [0.15, 0.2) is 78.9 Å². The van der Waals surface area contributed by atoms with Crippen molar-refractivity contribution in [2.45, 2.75) is 32.0 Å². The molecule has 0 fully saturated rings. The fourth-order valence-corrected chi connectivity index (χ4v) is 4.54. The molecule has 166 valence electrons. The molecular formula is C26H23ClN4O2. The number of hydrogen-bond acceptors (Lipinski definition) is 3. The lowest BCUT2D eigenvalue weighted by atomic mass is 10.0. The number of imidazole rings is 1. The highest BCUT2D eigenvalue weighted by Crippen LogP contribution is 2.37. The van der Waals surface area contributed by atoms with E-state index in [4.69, 9.17) is 16.6 Å². The molecule has 0 saturated heterocycles. The lowest BCUT2D eigenvalue weighted by molar-refractivity contribution is -0.142. The largest absolute Gasteiger partial charge is 0.327 e. The number of carbonyl (C=O) groups excluding carboxylic acids is 2. The number of halogens is 1. The number of carbonyl (C=O) groups is 2. The molecule has 1 N–H and O–H groups in total. The lowest BCUT2D eigenvalue weighted by Crippen LogP contribution is -2.45. The monoisotopic (exact) mass is 458 g/mol. The maximum Gasteiger partial charge on any atom is 0.247 e. The topological polar surface area (TPSA) is 67.2 Å². The summed E-state index contributed by atoms with van der Waals surface area (Å²) in [5.74, 6) is 0.456. The highest BCUT2D eigenvalue weighted by atomic mass is 35.5. The van der Waals surface area contributed by atoms with E-state index in [1.807, 2.05) is 71.0 Å². The van der Waals surface area contributed by atoms with Crippen LogP contribution in [0.3, 0.4) is 0 Å². The van der Waals surface area contributed by atoms with Crippen molar-refractivity contribution in [3.05, 3.63) is 95.3 Å². The van der Waals surface area contributed by atoms with Gasteiger partial charge in [-0.25, -0.2) is 4.98 Å². The Morgan fingerprint density at radius 2 is 1.70 bits per heavy atom. The van der Waals surface area contributed by atoms with Gasteiger partial charge < -0.3 is 14.8 Å². The second kappa shape index (κ2) is 8.71. The molecule has 1 aromatic heterocycles. The fourth-order valence-electron chi connectivity index (χ4n) is 4.41. The highest BCUT2D eigenvalue weighted by molar-refractivity contribution is 6.30. The average Bonchev–Trinajstić information content (AvgIpc) is 3.21. The van der Waals surface area contributed by atoms with Gasteiger partial charge in [-0.15, -0.1) is 0 Å². The van der Waals surface area contributed by atoms with Gasteiger partial charge in [0.05, 0.1) is 23.5 Å². The third-order valence-electron chi connectivity index (χ3n) is 6.05. The molecule has 3 aromatic carbocycles. The number of rotatable bonds is 5. The first-order chi connectivity index (χ1) is 16.0. The van der Waals surface area contributed by atoms with Crippen LogP contribution in [0.1, 0.15) is 36.8 Å². The van der Waals surface area contributed by atoms with Crippen molar-refractivity contribution in [2.24, 2.45) is 0 Å². The van der Waals surface area contributed by atoms with Gasteiger partial charge in [-0.3, -0.25) is 9.59 Å². The molecule has 1 aliphatic heterocycles. The fraction of sp³-hybridized carbons (Fsp3) is 0.192. The van der Waals surface area contributed by atoms with Gasteiger partial charge in [0.2, 0.25) is 11.8 Å². The quantitative estimate of drug-likeness (QED) is 0.437. The number of hydrogen-bond donors (Lipinski definition) is 1. The Bertz CT molecular complexity index is 1320. The number of anilines is 1. The minimum atomic E-state index is -0.681. The number of fused-ring (bicyclic) bond motifs is 3. The molecule has 0 bridgehead atoms. The van der Waals surface area contributed by atoms with Crippen LogP contribution >= 0.6 is 11.6 Å². The number of nitrogens with one attached hydrogen (secondary N) is 1. The van der Waals surface area contributed by atoms with Gasteiger partial charge >= 0.3 is 0 Å². The Morgan fingerprint density at radius 3 is 2.45 bits per heavy atom. The predicted octanol–water partition coefficient (Wildman–Crippen LogP) is 5.36. The molecule has 2 unspecified atom stereocenters. The van der Waals surface area contributed by atoms with Crippen molar-refractivity contribution in [1.82, 2.24) is 14.5 Å². The van der Waals surface area contributed by atoms with E-state index in [2.05, 4.69) is 5.32 Å². The molecule has 4 aromatic rings. The van der Waals surface area contributed by atoms with Gasteiger partial charge in [0, 0.05) is 17.3 Å². The third kappa shape index (κ3) is 4.10. The van der Waals surface area contributed by atoms with Gasteiger partial charge in [-0.1, -0.05) is 54.1 Å². The number of aromatic nitrogens is 2. The Morgan fingerprint density at radius 1 is 1.00 bits per heavy atom. The molecule has 0 radical (unpaired) electrons. The molecule has 2 atom stereocenters. The van der Waals surface area contributed by atoms with Gasteiger partial charge in [0.1, 0.15) is 11.9 Å². The standard InChI is InChI=1S/C26H23ClN4O2/c1-17-25-29-21-9-5-6-10-22(21)31(25)23(15-24(32)28-20-13-11-19(27)12-14-20)26(33)30(17)16-18-7-3-2-4-8-18/h2-14,17,23H,15-16H2,1H3,(H,28,32). The van der Waals surface area contributed by atoms with Crippen molar-refractivity contribution in [3.8, 4) is 0 Å². The normalized spacial score (nSPS) is 17.8. The van der Waals surface area contributed by atoms with Crippen LogP contribution in [-0.4, -0.2) is 26.3 Å². The van der Waals surface area contributed by atoms with Gasteiger partial charge in [0.15, 0.2) is 0 Å². The maximum atomic E-state index is 13.8. The summed E-state index contributed by atoms with van der Waals surface area (Å²) in [4.78, 5) is 33.4. The van der Waals surface area contributed by atoms with Crippen LogP contribution in [0, 0.1) is 0 Å². The molecule has 0 spiro atoms. The predicted molar refractivity (Wildman–Crippen MR) is 129 cm³/mol. The summed E-state index contributed by atoms with van der Waals surface area (Å²) >= 11 is 5.95. The van der Waals surface area contributed by atoms with Crippen LogP contribution in [0.2, 0.25) is 5.02 Å². The van der Waals surface area contributed by atoms with Crippen molar-refractivity contribution in [3.63, 3.8) is 0 Å². The Hall–Kier alpha value is -3.64. The third-order valence-corrected chi connectivity index (χ3v) is 6.30. The molecule has 0 saturated carbocycles. The van der Waals surface area contributed by atoms with Crippen LogP contribution < -0.4 is 5.32 Å². The van der Waals surface area contributed by atoms with E-state index in [0.29, 0.717) is 17.3 Å². The Labute approximate surface area is 196 Å². The summed E-state index contributed by atoms with van der Waals surface area (Å²) in [5, 5.41) is 3.47. The van der Waals surface area contributed by atoms with E-state index in [0.717, 1.165) is 22.4 Å². The molecule has 2 heterocycles. The summed E-state index contributed by atoms with van der Waals surface area (Å²) in [6.45, 7) is 2.45. The van der Waals surface area contributed by atoms with E-state index in [1.54, 1.807) is 24.3 Å². The summed E-state index contributed by atoms with van der Waals surface area (Å²) in [6, 6.07) is 23.6. The minimum Gasteiger partial charge on any atom is -0.327 e. The zero-order valence-corrected chi connectivity index (χ0v) is 18.9. The summed E-state index contributed by atoms with van der Waals surface area (Å²) < 4.78 is 1.94. The van der Waals surface area contributed by atoms with Gasteiger partial charge in [-0.2, -0.15) is 0 Å². The first-order valence-corrected chi connectivity index (χ1v) is 11.3. The molecule has 1 aliphatic rings. The SMILES string of the molecule is CC1c2nc3ccccc3n2C(CC(=O)Nc2ccc(Cl)cc2)C(=O)N1Cc1ccccc1.